The molecule has 1 unspecified atom stereocenters. The summed E-state index contributed by atoms with van der Waals surface area (Å²) in [5.41, 5.74) is 1.87. The highest BCUT2D eigenvalue weighted by Gasteiger charge is 2.18. The first-order valence-corrected chi connectivity index (χ1v) is 6.61. The molecule has 0 amide bonds. The molecule has 0 heterocycles. The SMILES string of the molecule is COc1ccc(O)c(C(CCC=O)c2ccccc2)c1. The molecule has 3 nitrogen and oxygen atoms in total. The van der Waals surface area contributed by atoms with Crippen molar-refractivity contribution in [2.24, 2.45) is 0 Å². The third-order valence-electron chi connectivity index (χ3n) is 3.39. The van der Waals surface area contributed by atoms with Crippen LogP contribution >= 0.6 is 0 Å². The second-order valence-electron chi connectivity index (χ2n) is 4.63. The third kappa shape index (κ3) is 3.18. The molecular weight excluding hydrogens is 252 g/mol. The maximum absolute atomic E-state index is 10.7. The zero-order valence-electron chi connectivity index (χ0n) is 11.5. The van der Waals surface area contributed by atoms with Crippen molar-refractivity contribution in [3.63, 3.8) is 0 Å². The Bertz CT molecular complexity index is 564. The van der Waals surface area contributed by atoms with Gasteiger partial charge in [-0.3, -0.25) is 0 Å². The zero-order valence-corrected chi connectivity index (χ0v) is 11.5. The molecule has 0 saturated heterocycles. The molecule has 0 bridgehead atoms. The summed E-state index contributed by atoms with van der Waals surface area (Å²) in [5, 5.41) is 10.1. The van der Waals surface area contributed by atoms with E-state index in [9.17, 15) is 9.90 Å². The summed E-state index contributed by atoms with van der Waals surface area (Å²) in [6, 6.07) is 15.1. The van der Waals surface area contributed by atoms with E-state index in [2.05, 4.69) is 0 Å². The quantitative estimate of drug-likeness (QED) is 0.817. The van der Waals surface area contributed by atoms with Crippen molar-refractivity contribution in [1.29, 1.82) is 0 Å². The van der Waals surface area contributed by atoms with E-state index in [0.29, 0.717) is 18.6 Å². The fourth-order valence-electron chi connectivity index (χ4n) is 2.36. The van der Waals surface area contributed by atoms with Crippen molar-refractivity contribution in [3.05, 3.63) is 59.7 Å². The number of carbonyl (C=O) groups excluding carboxylic acids is 1. The zero-order chi connectivity index (χ0) is 14.4. The number of hydrogen-bond acceptors (Lipinski definition) is 3. The molecule has 0 aliphatic rings. The van der Waals surface area contributed by atoms with Gasteiger partial charge in [-0.25, -0.2) is 0 Å². The van der Waals surface area contributed by atoms with E-state index in [0.717, 1.165) is 17.4 Å². The predicted molar refractivity (Wildman–Crippen MR) is 78.2 cm³/mol. The molecule has 0 fully saturated rings. The standard InChI is InChI=1S/C17H18O3/c1-20-14-9-10-17(19)16(12-14)15(8-5-11-18)13-6-3-2-4-7-13/h2-4,6-7,9-12,15,19H,5,8H2,1H3. The number of phenolic OH excluding ortho intramolecular Hbond substituents is 1. The van der Waals surface area contributed by atoms with E-state index in [1.54, 1.807) is 19.2 Å². The Morgan fingerprint density at radius 1 is 1.20 bits per heavy atom. The van der Waals surface area contributed by atoms with Gasteiger partial charge in [0, 0.05) is 17.9 Å². The molecule has 2 aromatic rings. The number of methoxy groups -OCH3 is 1. The predicted octanol–water partition coefficient (Wildman–Crippen LogP) is 3.51. The summed E-state index contributed by atoms with van der Waals surface area (Å²) in [6.07, 6.45) is 2.03. The molecule has 1 N–H and O–H groups in total. The van der Waals surface area contributed by atoms with Crippen LogP contribution in [0.4, 0.5) is 0 Å². The molecule has 0 aliphatic carbocycles. The topological polar surface area (TPSA) is 46.5 Å². The van der Waals surface area contributed by atoms with Gasteiger partial charge in [0.15, 0.2) is 0 Å². The summed E-state index contributed by atoms with van der Waals surface area (Å²) >= 11 is 0. The lowest BCUT2D eigenvalue weighted by Gasteiger charge is -2.19. The van der Waals surface area contributed by atoms with Gasteiger partial charge in [0.1, 0.15) is 17.8 Å². The minimum absolute atomic E-state index is 0.0171. The Balaban J connectivity index is 2.43. The Morgan fingerprint density at radius 2 is 1.95 bits per heavy atom. The maximum atomic E-state index is 10.7. The van der Waals surface area contributed by atoms with Crippen molar-refractivity contribution in [2.45, 2.75) is 18.8 Å². The van der Waals surface area contributed by atoms with Crippen LogP contribution in [-0.4, -0.2) is 18.5 Å². The van der Waals surface area contributed by atoms with Gasteiger partial charge in [0.2, 0.25) is 0 Å². The van der Waals surface area contributed by atoms with Gasteiger partial charge in [-0.1, -0.05) is 30.3 Å². The van der Waals surface area contributed by atoms with Crippen LogP contribution in [-0.2, 0) is 4.79 Å². The molecule has 20 heavy (non-hydrogen) atoms. The van der Waals surface area contributed by atoms with E-state index in [-0.39, 0.29) is 11.7 Å². The van der Waals surface area contributed by atoms with E-state index in [1.165, 1.54) is 0 Å². The third-order valence-corrected chi connectivity index (χ3v) is 3.39. The average Bonchev–Trinajstić information content (AvgIpc) is 2.50. The molecule has 3 heteroatoms. The average molecular weight is 270 g/mol. The number of aldehydes is 1. The molecular formula is C17H18O3. The second-order valence-corrected chi connectivity index (χ2v) is 4.63. The number of phenols is 1. The number of hydrogen-bond donors (Lipinski definition) is 1. The highest BCUT2D eigenvalue weighted by Crippen LogP contribution is 2.36. The number of rotatable bonds is 6. The van der Waals surface area contributed by atoms with Gasteiger partial charge in [-0.05, 0) is 30.2 Å². The van der Waals surface area contributed by atoms with Crippen LogP contribution in [0.3, 0.4) is 0 Å². The molecule has 0 spiro atoms. The summed E-state index contributed by atoms with van der Waals surface area (Å²) in [6.45, 7) is 0. The van der Waals surface area contributed by atoms with E-state index in [4.69, 9.17) is 4.74 Å². The first-order valence-electron chi connectivity index (χ1n) is 6.61. The number of carbonyl (C=O) groups is 1. The Labute approximate surface area is 118 Å². The summed E-state index contributed by atoms with van der Waals surface area (Å²) in [4.78, 5) is 10.7. The fourth-order valence-corrected chi connectivity index (χ4v) is 2.36. The summed E-state index contributed by atoms with van der Waals surface area (Å²) in [7, 11) is 1.60. The molecule has 0 radical (unpaired) electrons. The molecule has 2 aromatic carbocycles. The fraction of sp³-hybridized carbons (Fsp3) is 0.235. The molecule has 0 aliphatic heterocycles. The van der Waals surface area contributed by atoms with Crippen LogP contribution in [0.25, 0.3) is 0 Å². The largest absolute Gasteiger partial charge is 0.508 e. The van der Waals surface area contributed by atoms with Gasteiger partial charge < -0.3 is 14.6 Å². The van der Waals surface area contributed by atoms with Gasteiger partial charge in [0.25, 0.3) is 0 Å². The summed E-state index contributed by atoms with van der Waals surface area (Å²) < 4.78 is 5.22. The lowest BCUT2D eigenvalue weighted by Crippen LogP contribution is -2.02. The van der Waals surface area contributed by atoms with Crippen LogP contribution in [0.15, 0.2) is 48.5 Å². The lowest BCUT2D eigenvalue weighted by molar-refractivity contribution is -0.107. The molecule has 0 aromatic heterocycles. The number of benzene rings is 2. The molecule has 2 rings (SSSR count). The van der Waals surface area contributed by atoms with Crippen LogP contribution in [0.1, 0.15) is 29.9 Å². The lowest BCUT2D eigenvalue weighted by atomic mass is 9.87. The van der Waals surface area contributed by atoms with Gasteiger partial charge in [0.05, 0.1) is 7.11 Å². The first-order chi connectivity index (χ1) is 9.76. The van der Waals surface area contributed by atoms with Crippen molar-refractivity contribution in [1.82, 2.24) is 0 Å². The van der Waals surface area contributed by atoms with Crippen molar-refractivity contribution in [3.8, 4) is 11.5 Å². The first kappa shape index (κ1) is 14.1. The molecule has 0 saturated carbocycles. The highest BCUT2D eigenvalue weighted by atomic mass is 16.5. The smallest absolute Gasteiger partial charge is 0.120 e. The highest BCUT2D eigenvalue weighted by molar-refractivity contribution is 5.51. The van der Waals surface area contributed by atoms with Crippen molar-refractivity contribution >= 4 is 6.29 Å². The van der Waals surface area contributed by atoms with Crippen LogP contribution < -0.4 is 4.74 Å². The van der Waals surface area contributed by atoms with Gasteiger partial charge in [-0.2, -0.15) is 0 Å². The van der Waals surface area contributed by atoms with Crippen LogP contribution in [0.2, 0.25) is 0 Å². The van der Waals surface area contributed by atoms with Gasteiger partial charge >= 0.3 is 0 Å². The van der Waals surface area contributed by atoms with E-state index < -0.39 is 0 Å². The van der Waals surface area contributed by atoms with Crippen LogP contribution in [0, 0.1) is 0 Å². The summed E-state index contributed by atoms with van der Waals surface area (Å²) in [5.74, 6) is 0.909. The number of ether oxygens (including phenoxy) is 1. The maximum Gasteiger partial charge on any atom is 0.120 e. The molecule has 104 valence electrons. The monoisotopic (exact) mass is 270 g/mol. The second kappa shape index (κ2) is 6.75. The van der Waals surface area contributed by atoms with E-state index in [1.807, 2.05) is 36.4 Å². The van der Waals surface area contributed by atoms with E-state index >= 15 is 0 Å². The Hall–Kier alpha value is -2.29. The van der Waals surface area contributed by atoms with Crippen molar-refractivity contribution < 1.29 is 14.6 Å². The Kier molecular flexibility index (Phi) is 4.77. The minimum Gasteiger partial charge on any atom is -0.508 e. The Morgan fingerprint density at radius 3 is 2.60 bits per heavy atom. The minimum atomic E-state index is -0.0171. The van der Waals surface area contributed by atoms with Gasteiger partial charge in [-0.15, -0.1) is 0 Å². The number of aromatic hydroxyl groups is 1. The van der Waals surface area contributed by atoms with Crippen LogP contribution in [0.5, 0.6) is 11.5 Å². The normalized spacial score (nSPS) is 11.8. The molecule has 1 atom stereocenters. The van der Waals surface area contributed by atoms with Crippen molar-refractivity contribution in [2.75, 3.05) is 7.11 Å².